The molecule has 1 N–H and O–H groups in total. The summed E-state index contributed by atoms with van der Waals surface area (Å²) in [6.45, 7) is 0.283. The van der Waals surface area contributed by atoms with Crippen LogP contribution in [0, 0.1) is 0 Å². The molecule has 0 bridgehead atoms. The Bertz CT molecular complexity index is 1360. The van der Waals surface area contributed by atoms with Gasteiger partial charge in [-0.05, 0) is 41.5 Å². The molecule has 0 radical (unpaired) electrons. The number of amides is 2. The highest BCUT2D eigenvalue weighted by Gasteiger charge is 2.31. The van der Waals surface area contributed by atoms with Crippen molar-refractivity contribution in [2.45, 2.75) is 25.6 Å². The predicted molar refractivity (Wildman–Crippen MR) is 154 cm³/mol. The number of benzene rings is 4. The lowest BCUT2D eigenvalue weighted by atomic mass is 10.0. The van der Waals surface area contributed by atoms with Crippen molar-refractivity contribution in [1.29, 1.82) is 0 Å². The summed E-state index contributed by atoms with van der Waals surface area (Å²) in [7, 11) is 3.20. The molecule has 0 saturated carbocycles. The van der Waals surface area contributed by atoms with Gasteiger partial charge in [0, 0.05) is 25.1 Å². The van der Waals surface area contributed by atoms with Gasteiger partial charge in [-0.3, -0.25) is 9.59 Å². The minimum Gasteiger partial charge on any atom is -0.497 e. The largest absolute Gasteiger partial charge is 0.497 e. The molecule has 0 heterocycles. The molecule has 0 saturated heterocycles. The van der Waals surface area contributed by atoms with Gasteiger partial charge < -0.3 is 24.4 Å². The molecule has 40 heavy (non-hydrogen) atoms. The van der Waals surface area contributed by atoms with Crippen molar-refractivity contribution in [3.63, 3.8) is 0 Å². The lowest BCUT2D eigenvalue weighted by molar-refractivity contribution is -0.142. The van der Waals surface area contributed by atoms with Crippen LogP contribution in [0.3, 0.4) is 0 Å². The molecule has 4 aromatic carbocycles. The van der Waals surface area contributed by atoms with Gasteiger partial charge in [-0.25, -0.2) is 0 Å². The van der Waals surface area contributed by atoms with E-state index in [-0.39, 0.29) is 31.5 Å². The number of nitrogens with one attached hydrogen (secondary N) is 1. The van der Waals surface area contributed by atoms with E-state index in [0.29, 0.717) is 23.7 Å². The molecule has 0 aliphatic heterocycles. The zero-order chi connectivity index (χ0) is 28.2. The summed E-state index contributed by atoms with van der Waals surface area (Å²) in [6, 6.07) is 33.0. The maximum atomic E-state index is 13.8. The summed E-state index contributed by atoms with van der Waals surface area (Å²) < 4.78 is 16.5. The van der Waals surface area contributed by atoms with E-state index in [4.69, 9.17) is 14.2 Å². The molecule has 206 valence electrons. The first kappa shape index (κ1) is 28.2. The van der Waals surface area contributed by atoms with Gasteiger partial charge >= 0.3 is 0 Å². The Morgan fingerprint density at radius 3 is 2.05 bits per heavy atom. The number of ether oxygens (including phenoxy) is 3. The van der Waals surface area contributed by atoms with Crippen LogP contribution < -0.4 is 19.5 Å². The molecule has 4 aromatic rings. The van der Waals surface area contributed by atoms with Crippen LogP contribution in [0.2, 0.25) is 0 Å². The zero-order valence-corrected chi connectivity index (χ0v) is 22.8. The summed E-state index contributed by atoms with van der Waals surface area (Å²) >= 11 is 0. The Hall–Kier alpha value is -4.78. The number of methoxy groups -OCH3 is 2. The summed E-state index contributed by atoms with van der Waals surface area (Å²) in [4.78, 5) is 29.1. The van der Waals surface area contributed by atoms with Crippen molar-refractivity contribution in [2.75, 3.05) is 20.8 Å². The van der Waals surface area contributed by atoms with E-state index in [0.717, 1.165) is 16.7 Å². The molecule has 0 aliphatic rings. The maximum absolute atomic E-state index is 13.8. The Labute approximate surface area is 235 Å². The molecule has 1 atom stereocenters. The van der Waals surface area contributed by atoms with E-state index >= 15 is 0 Å². The molecule has 0 aromatic heterocycles. The average molecular weight is 539 g/mol. The minimum atomic E-state index is -0.786. The van der Waals surface area contributed by atoms with Gasteiger partial charge in [-0.1, -0.05) is 78.9 Å². The SMILES string of the molecule is COc1ccc(CN(C(=O)COc2ccccc2)[C@H](Cc2ccccc2)C(=O)NCc2ccccc2OC)cc1. The summed E-state index contributed by atoms with van der Waals surface area (Å²) in [5, 5.41) is 3.03. The second-order valence-electron chi connectivity index (χ2n) is 9.21. The van der Waals surface area contributed by atoms with Gasteiger partial charge in [0.15, 0.2) is 6.61 Å². The summed E-state index contributed by atoms with van der Waals surface area (Å²) in [5.74, 6) is 1.42. The fourth-order valence-corrected chi connectivity index (χ4v) is 4.38. The number of nitrogens with zero attached hydrogens (tertiary/aromatic N) is 1. The molecule has 7 nitrogen and oxygen atoms in total. The summed E-state index contributed by atoms with van der Waals surface area (Å²) in [5.41, 5.74) is 2.65. The first-order valence-corrected chi connectivity index (χ1v) is 13.1. The molecule has 0 unspecified atom stereocenters. The van der Waals surface area contributed by atoms with E-state index in [1.165, 1.54) is 0 Å². The van der Waals surface area contributed by atoms with Crippen LogP contribution in [-0.4, -0.2) is 43.6 Å². The Morgan fingerprint density at radius 2 is 1.38 bits per heavy atom. The maximum Gasteiger partial charge on any atom is 0.261 e. The van der Waals surface area contributed by atoms with Crippen molar-refractivity contribution >= 4 is 11.8 Å². The van der Waals surface area contributed by atoms with Gasteiger partial charge in [0.2, 0.25) is 5.91 Å². The predicted octanol–water partition coefficient (Wildman–Crippen LogP) is 5.04. The number of carbonyl (C=O) groups excluding carboxylic acids is 2. The lowest BCUT2D eigenvalue weighted by Crippen LogP contribution is -2.51. The van der Waals surface area contributed by atoms with Crippen molar-refractivity contribution in [3.05, 3.63) is 126 Å². The highest BCUT2D eigenvalue weighted by molar-refractivity contribution is 5.88. The smallest absolute Gasteiger partial charge is 0.261 e. The molecule has 4 rings (SSSR count). The highest BCUT2D eigenvalue weighted by atomic mass is 16.5. The highest BCUT2D eigenvalue weighted by Crippen LogP contribution is 2.20. The third-order valence-electron chi connectivity index (χ3n) is 6.53. The standard InChI is InChI=1S/C33H34N2O5/c1-38-28-19-17-26(18-20-28)23-35(32(36)24-40-29-14-7-4-8-15-29)30(21-25-11-5-3-6-12-25)33(37)34-22-27-13-9-10-16-31(27)39-2/h3-20,30H,21-24H2,1-2H3,(H,34,37)/t30-/m1/s1. The van der Waals surface area contributed by atoms with Crippen LogP contribution in [0.15, 0.2) is 109 Å². The van der Waals surface area contributed by atoms with Crippen molar-refractivity contribution in [2.24, 2.45) is 0 Å². The quantitative estimate of drug-likeness (QED) is 0.258. The number of carbonyl (C=O) groups is 2. The summed E-state index contributed by atoms with van der Waals surface area (Å²) in [6.07, 6.45) is 0.339. The molecular formula is C33H34N2O5. The van der Waals surface area contributed by atoms with Crippen LogP contribution in [0.25, 0.3) is 0 Å². The van der Waals surface area contributed by atoms with Crippen LogP contribution in [-0.2, 0) is 29.1 Å². The number of rotatable bonds is 13. The molecular weight excluding hydrogens is 504 g/mol. The number of hydrogen-bond acceptors (Lipinski definition) is 5. The Kier molecular flexibility index (Phi) is 10.2. The van der Waals surface area contributed by atoms with Crippen LogP contribution >= 0.6 is 0 Å². The van der Waals surface area contributed by atoms with Gasteiger partial charge in [-0.2, -0.15) is 0 Å². The molecule has 0 spiro atoms. The van der Waals surface area contributed by atoms with Crippen LogP contribution in [0.5, 0.6) is 17.2 Å². The van der Waals surface area contributed by atoms with Gasteiger partial charge in [-0.15, -0.1) is 0 Å². The first-order chi connectivity index (χ1) is 19.6. The van der Waals surface area contributed by atoms with Crippen molar-refractivity contribution < 1.29 is 23.8 Å². The normalized spacial score (nSPS) is 11.2. The zero-order valence-electron chi connectivity index (χ0n) is 22.8. The van der Waals surface area contributed by atoms with Gasteiger partial charge in [0.1, 0.15) is 23.3 Å². The molecule has 0 aliphatic carbocycles. The fraction of sp³-hybridized carbons (Fsp3) is 0.212. The molecule has 2 amide bonds. The van der Waals surface area contributed by atoms with Gasteiger partial charge in [0.05, 0.1) is 14.2 Å². The molecule has 0 fully saturated rings. The van der Waals surface area contributed by atoms with E-state index in [1.54, 1.807) is 31.3 Å². The monoisotopic (exact) mass is 538 g/mol. The van der Waals surface area contributed by atoms with Crippen LogP contribution in [0.4, 0.5) is 0 Å². The van der Waals surface area contributed by atoms with E-state index in [1.807, 2.05) is 97.1 Å². The third-order valence-corrected chi connectivity index (χ3v) is 6.53. The topological polar surface area (TPSA) is 77.1 Å². The Balaban J connectivity index is 1.62. The molecule has 7 heteroatoms. The van der Waals surface area contributed by atoms with Crippen LogP contribution in [0.1, 0.15) is 16.7 Å². The second-order valence-corrected chi connectivity index (χ2v) is 9.21. The van der Waals surface area contributed by atoms with Crippen molar-refractivity contribution in [3.8, 4) is 17.2 Å². The second kappa shape index (κ2) is 14.4. The van der Waals surface area contributed by atoms with E-state index in [2.05, 4.69) is 5.32 Å². The average Bonchev–Trinajstić information content (AvgIpc) is 3.01. The number of para-hydroxylation sites is 2. The third kappa shape index (κ3) is 7.86. The first-order valence-electron chi connectivity index (χ1n) is 13.1. The van der Waals surface area contributed by atoms with E-state index < -0.39 is 6.04 Å². The number of hydrogen-bond donors (Lipinski definition) is 1. The van der Waals surface area contributed by atoms with Crippen molar-refractivity contribution in [1.82, 2.24) is 10.2 Å². The lowest BCUT2D eigenvalue weighted by Gasteiger charge is -2.31. The van der Waals surface area contributed by atoms with E-state index in [9.17, 15) is 9.59 Å². The fourth-order valence-electron chi connectivity index (χ4n) is 4.38. The van der Waals surface area contributed by atoms with Gasteiger partial charge in [0.25, 0.3) is 5.91 Å². The minimum absolute atomic E-state index is 0.203. The Morgan fingerprint density at radius 1 is 0.725 bits per heavy atom.